The molecule has 2 fully saturated rings. The van der Waals surface area contributed by atoms with Crippen molar-refractivity contribution in [2.24, 2.45) is 0 Å². The van der Waals surface area contributed by atoms with Crippen LogP contribution in [0.4, 0.5) is 0 Å². The Kier molecular flexibility index (Phi) is 4.45. The first kappa shape index (κ1) is 13.3. The summed E-state index contributed by atoms with van der Waals surface area (Å²) in [6.45, 7) is 4.64. The van der Waals surface area contributed by atoms with Gasteiger partial charge in [0.15, 0.2) is 0 Å². The van der Waals surface area contributed by atoms with Crippen molar-refractivity contribution in [1.29, 1.82) is 0 Å². The number of nitrogens with zero attached hydrogens (tertiary/aromatic N) is 1. The third-order valence-electron chi connectivity index (χ3n) is 4.75. The van der Waals surface area contributed by atoms with Gasteiger partial charge in [0.05, 0.1) is 5.60 Å². The predicted octanol–water partition coefficient (Wildman–Crippen LogP) is 2.02. The van der Waals surface area contributed by atoms with E-state index in [4.69, 9.17) is 4.74 Å². The molecule has 1 N–H and O–H groups in total. The molecule has 100 valence electrons. The van der Waals surface area contributed by atoms with Crippen LogP contribution < -0.4 is 5.32 Å². The molecule has 1 aliphatic heterocycles. The number of hydrogen-bond donors (Lipinski definition) is 1. The maximum absolute atomic E-state index is 5.70. The van der Waals surface area contributed by atoms with E-state index in [0.29, 0.717) is 0 Å². The fourth-order valence-corrected chi connectivity index (χ4v) is 3.48. The zero-order valence-electron chi connectivity index (χ0n) is 11.7. The molecule has 3 unspecified atom stereocenters. The number of piperidine rings is 1. The Bertz CT molecular complexity index is 246. The van der Waals surface area contributed by atoms with E-state index in [1.54, 1.807) is 0 Å². The number of nitrogens with one attached hydrogen (secondary N) is 1. The van der Waals surface area contributed by atoms with Gasteiger partial charge in [-0.05, 0) is 52.6 Å². The minimum Gasteiger partial charge on any atom is -0.377 e. The van der Waals surface area contributed by atoms with Gasteiger partial charge in [-0.3, -0.25) is 4.90 Å². The second-order valence-corrected chi connectivity index (χ2v) is 6.03. The number of methoxy groups -OCH3 is 1. The van der Waals surface area contributed by atoms with Crippen LogP contribution in [0.15, 0.2) is 0 Å². The van der Waals surface area contributed by atoms with Gasteiger partial charge in [-0.1, -0.05) is 6.42 Å². The molecule has 1 saturated carbocycles. The number of hydrogen-bond acceptors (Lipinski definition) is 3. The van der Waals surface area contributed by atoms with Crippen LogP contribution in [0.5, 0.6) is 0 Å². The van der Waals surface area contributed by atoms with Gasteiger partial charge in [0.25, 0.3) is 0 Å². The Morgan fingerprint density at radius 2 is 2.12 bits per heavy atom. The van der Waals surface area contributed by atoms with E-state index in [0.717, 1.165) is 18.6 Å². The lowest BCUT2D eigenvalue weighted by Crippen LogP contribution is -2.53. The summed E-state index contributed by atoms with van der Waals surface area (Å²) in [4.78, 5) is 2.68. The van der Waals surface area contributed by atoms with Crippen molar-refractivity contribution in [2.45, 2.75) is 63.1 Å². The molecule has 3 heteroatoms. The Balaban J connectivity index is 1.92. The molecule has 0 aromatic rings. The SMILES string of the molecule is CNC1CCCC(N2CCCC(C)(OC)C2)C1. The predicted molar refractivity (Wildman–Crippen MR) is 71.3 cm³/mol. The quantitative estimate of drug-likeness (QED) is 0.817. The first-order valence-corrected chi connectivity index (χ1v) is 7.13. The summed E-state index contributed by atoms with van der Waals surface area (Å²) in [6.07, 6.45) is 7.90. The van der Waals surface area contributed by atoms with E-state index in [9.17, 15) is 0 Å². The van der Waals surface area contributed by atoms with Crippen molar-refractivity contribution in [3.8, 4) is 0 Å². The van der Waals surface area contributed by atoms with E-state index in [-0.39, 0.29) is 5.60 Å². The molecule has 3 atom stereocenters. The van der Waals surface area contributed by atoms with Gasteiger partial charge in [-0.2, -0.15) is 0 Å². The lowest BCUT2D eigenvalue weighted by Gasteiger charge is -2.45. The number of rotatable bonds is 3. The van der Waals surface area contributed by atoms with E-state index >= 15 is 0 Å². The highest BCUT2D eigenvalue weighted by Gasteiger charge is 2.35. The fourth-order valence-electron chi connectivity index (χ4n) is 3.48. The smallest absolute Gasteiger partial charge is 0.0777 e. The Labute approximate surface area is 106 Å². The van der Waals surface area contributed by atoms with Crippen LogP contribution in [-0.2, 0) is 4.74 Å². The zero-order chi connectivity index (χ0) is 12.3. The summed E-state index contributed by atoms with van der Waals surface area (Å²) < 4.78 is 5.70. The van der Waals surface area contributed by atoms with Crippen LogP contribution in [0.25, 0.3) is 0 Å². The normalized spacial score (nSPS) is 40.4. The van der Waals surface area contributed by atoms with Crippen molar-refractivity contribution in [2.75, 3.05) is 27.2 Å². The molecular weight excluding hydrogens is 212 g/mol. The molecule has 1 saturated heterocycles. The van der Waals surface area contributed by atoms with Gasteiger partial charge in [0.1, 0.15) is 0 Å². The second kappa shape index (κ2) is 5.68. The molecule has 1 aliphatic carbocycles. The summed E-state index contributed by atoms with van der Waals surface area (Å²) >= 11 is 0. The summed E-state index contributed by atoms with van der Waals surface area (Å²) in [5.41, 5.74) is 0.0881. The first-order valence-electron chi connectivity index (χ1n) is 7.13. The highest BCUT2D eigenvalue weighted by atomic mass is 16.5. The Hall–Kier alpha value is -0.120. The average molecular weight is 240 g/mol. The van der Waals surface area contributed by atoms with E-state index < -0.39 is 0 Å². The standard InChI is InChI=1S/C14H28N2O/c1-14(17-3)8-5-9-16(11-14)13-7-4-6-12(10-13)15-2/h12-13,15H,4-11H2,1-3H3. The highest BCUT2D eigenvalue weighted by Crippen LogP contribution is 2.30. The van der Waals surface area contributed by atoms with Crippen LogP contribution in [0.2, 0.25) is 0 Å². The molecule has 0 aromatic carbocycles. The average Bonchev–Trinajstić information content (AvgIpc) is 2.39. The third-order valence-corrected chi connectivity index (χ3v) is 4.75. The largest absolute Gasteiger partial charge is 0.377 e. The zero-order valence-corrected chi connectivity index (χ0v) is 11.7. The van der Waals surface area contributed by atoms with Gasteiger partial charge in [0.2, 0.25) is 0 Å². The minimum atomic E-state index is 0.0881. The molecule has 0 amide bonds. The van der Waals surface area contributed by atoms with Crippen molar-refractivity contribution >= 4 is 0 Å². The number of likely N-dealkylation sites (tertiary alicyclic amines) is 1. The van der Waals surface area contributed by atoms with Crippen LogP contribution in [0.1, 0.15) is 45.4 Å². The van der Waals surface area contributed by atoms with Gasteiger partial charge >= 0.3 is 0 Å². The Morgan fingerprint density at radius 3 is 2.82 bits per heavy atom. The molecule has 3 nitrogen and oxygen atoms in total. The van der Waals surface area contributed by atoms with Gasteiger partial charge in [-0.25, -0.2) is 0 Å². The van der Waals surface area contributed by atoms with E-state index in [1.807, 2.05) is 7.11 Å². The highest BCUT2D eigenvalue weighted by molar-refractivity contribution is 4.91. The van der Waals surface area contributed by atoms with E-state index in [1.165, 1.54) is 45.1 Å². The van der Waals surface area contributed by atoms with Crippen molar-refractivity contribution in [3.63, 3.8) is 0 Å². The molecule has 1 heterocycles. The van der Waals surface area contributed by atoms with Crippen LogP contribution in [0.3, 0.4) is 0 Å². The second-order valence-electron chi connectivity index (χ2n) is 6.03. The molecule has 0 aromatic heterocycles. The summed E-state index contributed by atoms with van der Waals surface area (Å²) in [6, 6.07) is 1.50. The molecule has 2 aliphatic rings. The molecular formula is C14H28N2O. The number of ether oxygens (including phenoxy) is 1. The van der Waals surface area contributed by atoms with Gasteiger partial charge in [0, 0.05) is 25.7 Å². The third kappa shape index (κ3) is 3.21. The summed E-state index contributed by atoms with van der Waals surface area (Å²) in [7, 11) is 3.96. The van der Waals surface area contributed by atoms with Crippen molar-refractivity contribution in [3.05, 3.63) is 0 Å². The molecule has 0 spiro atoms. The molecule has 0 radical (unpaired) electrons. The van der Waals surface area contributed by atoms with Gasteiger partial charge < -0.3 is 10.1 Å². The summed E-state index contributed by atoms with van der Waals surface area (Å²) in [5, 5.41) is 3.45. The van der Waals surface area contributed by atoms with Crippen LogP contribution in [-0.4, -0.2) is 49.8 Å². The minimum absolute atomic E-state index is 0.0881. The van der Waals surface area contributed by atoms with Gasteiger partial charge in [-0.15, -0.1) is 0 Å². The van der Waals surface area contributed by atoms with Crippen LogP contribution in [0, 0.1) is 0 Å². The van der Waals surface area contributed by atoms with Crippen LogP contribution >= 0.6 is 0 Å². The monoisotopic (exact) mass is 240 g/mol. The Morgan fingerprint density at radius 1 is 1.29 bits per heavy atom. The lowest BCUT2D eigenvalue weighted by molar-refractivity contribution is -0.0657. The van der Waals surface area contributed by atoms with Crippen molar-refractivity contribution < 1.29 is 4.74 Å². The maximum Gasteiger partial charge on any atom is 0.0777 e. The molecule has 0 bridgehead atoms. The topological polar surface area (TPSA) is 24.5 Å². The molecule has 17 heavy (non-hydrogen) atoms. The maximum atomic E-state index is 5.70. The van der Waals surface area contributed by atoms with Crippen molar-refractivity contribution in [1.82, 2.24) is 10.2 Å². The summed E-state index contributed by atoms with van der Waals surface area (Å²) in [5.74, 6) is 0. The van der Waals surface area contributed by atoms with E-state index in [2.05, 4.69) is 24.2 Å². The first-order chi connectivity index (χ1) is 8.17. The molecule has 2 rings (SSSR count). The fraction of sp³-hybridized carbons (Fsp3) is 1.00. The lowest BCUT2D eigenvalue weighted by atomic mass is 9.86.